The number of nitrogens with zero attached hydrogens (tertiary/aromatic N) is 2. The van der Waals surface area contributed by atoms with Gasteiger partial charge in [0.25, 0.3) is 0 Å². The molecule has 1 atom stereocenters. The third-order valence-electron chi connectivity index (χ3n) is 5.17. The summed E-state index contributed by atoms with van der Waals surface area (Å²) in [6, 6.07) is 11.7. The van der Waals surface area contributed by atoms with Crippen molar-refractivity contribution in [2.24, 2.45) is 0 Å². The van der Waals surface area contributed by atoms with Gasteiger partial charge in [0.1, 0.15) is 11.8 Å². The van der Waals surface area contributed by atoms with Crippen LogP contribution in [-0.4, -0.2) is 60.0 Å². The Morgan fingerprint density at radius 1 is 1.16 bits per heavy atom. The molecule has 1 aliphatic rings. The second kappa shape index (κ2) is 9.57. The van der Waals surface area contributed by atoms with Gasteiger partial charge in [-0.2, -0.15) is 0 Å². The van der Waals surface area contributed by atoms with Crippen molar-refractivity contribution in [3.05, 3.63) is 48.0 Å². The van der Waals surface area contributed by atoms with Gasteiger partial charge in [-0.1, -0.05) is 6.07 Å². The highest BCUT2D eigenvalue weighted by Gasteiger charge is 2.31. The van der Waals surface area contributed by atoms with Gasteiger partial charge in [-0.05, 0) is 55.8 Å². The van der Waals surface area contributed by atoms with Crippen LogP contribution >= 0.6 is 0 Å². The SMILES string of the molecule is COc1ccc(C)cc1N([C@@H](C)C(=O)Nc1ccc(N2CCOCC2)cc1)S(C)(=O)=O. The minimum absolute atomic E-state index is 0.329. The van der Waals surface area contributed by atoms with Crippen molar-refractivity contribution in [2.75, 3.05) is 54.2 Å². The average Bonchev–Trinajstić information content (AvgIpc) is 2.74. The van der Waals surface area contributed by atoms with Gasteiger partial charge in [-0.25, -0.2) is 8.42 Å². The quantitative estimate of drug-likeness (QED) is 0.702. The number of carbonyl (C=O) groups excluding carboxylic acids is 1. The number of amides is 1. The minimum Gasteiger partial charge on any atom is -0.495 e. The molecule has 9 heteroatoms. The van der Waals surface area contributed by atoms with Crippen molar-refractivity contribution in [1.29, 1.82) is 0 Å². The maximum Gasteiger partial charge on any atom is 0.247 e. The normalized spacial score (nSPS) is 15.3. The first kappa shape index (κ1) is 22.9. The van der Waals surface area contributed by atoms with Gasteiger partial charge in [-0.15, -0.1) is 0 Å². The highest BCUT2D eigenvalue weighted by molar-refractivity contribution is 7.92. The Morgan fingerprint density at radius 2 is 1.81 bits per heavy atom. The molecule has 0 aromatic heterocycles. The van der Waals surface area contributed by atoms with Gasteiger partial charge in [0, 0.05) is 24.5 Å². The van der Waals surface area contributed by atoms with Crippen LogP contribution in [0.1, 0.15) is 12.5 Å². The van der Waals surface area contributed by atoms with E-state index in [1.54, 1.807) is 19.1 Å². The van der Waals surface area contributed by atoms with Crippen LogP contribution in [0.25, 0.3) is 0 Å². The molecule has 3 rings (SSSR count). The lowest BCUT2D eigenvalue weighted by molar-refractivity contribution is -0.116. The highest BCUT2D eigenvalue weighted by Crippen LogP contribution is 2.33. The van der Waals surface area contributed by atoms with Gasteiger partial charge < -0.3 is 19.7 Å². The number of anilines is 3. The number of nitrogens with one attached hydrogen (secondary N) is 1. The summed E-state index contributed by atoms with van der Waals surface area (Å²) < 4.78 is 37.0. The second-order valence-corrected chi connectivity index (χ2v) is 9.41. The van der Waals surface area contributed by atoms with E-state index in [0.29, 0.717) is 30.3 Å². The predicted octanol–water partition coefficient (Wildman–Crippen LogP) is 2.63. The lowest BCUT2D eigenvalue weighted by Crippen LogP contribution is -2.45. The molecule has 1 saturated heterocycles. The number of ether oxygens (including phenoxy) is 2. The van der Waals surface area contributed by atoms with Crippen LogP contribution in [0.2, 0.25) is 0 Å². The Balaban J connectivity index is 1.80. The molecule has 0 bridgehead atoms. The van der Waals surface area contributed by atoms with Crippen molar-refractivity contribution < 1.29 is 22.7 Å². The molecule has 0 aliphatic carbocycles. The van der Waals surface area contributed by atoms with E-state index in [1.165, 1.54) is 7.11 Å². The van der Waals surface area contributed by atoms with E-state index in [-0.39, 0.29) is 0 Å². The number of morpholine rings is 1. The fraction of sp³-hybridized carbons (Fsp3) is 0.409. The maximum absolute atomic E-state index is 13.0. The number of benzene rings is 2. The first-order valence-electron chi connectivity index (χ1n) is 10.1. The van der Waals surface area contributed by atoms with E-state index in [1.807, 2.05) is 37.3 Å². The lowest BCUT2D eigenvalue weighted by Gasteiger charge is -2.30. The Kier molecular flexibility index (Phi) is 7.07. The molecule has 2 aromatic rings. The molecule has 0 radical (unpaired) electrons. The summed E-state index contributed by atoms with van der Waals surface area (Å²) >= 11 is 0. The molecule has 1 aliphatic heterocycles. The van der Waals surface area contributed by atoms with Gasteiger partial charge in [0.15, 0.2) is 0 Å². The molecule has 0 saturated carbocycles. The number of hydrogen-bond acceptors (Lipinski definition) is 6. The number of methoxy groups -OCH3 is 1. The number of rotatable bonds is 7. The monoisotopic (exact) mass is 447 g/mol. The first-order valence-corrected chi connectivity index (χ1v) is 11.9. The van der Waals surface area contributed by atoms with Crippen molar-refractivity contribution in [3.8, 4) is 5.75 Å². The zero-order chi connectivity index (χ0) is 22.6. The summed E-state index contributed by atoms with van der Waals surface area (Å²) in [4.78, 5) is 15.2. The summed E-state index contributed by atoms with van der Waals surface area (Å²) in [5.74, 6) is -0.0568. The van der Waals surface area contributed by atoms with Crippen LogP contribution in [-0.2, 0) is 19.6 Å². The molecule has 1 N–H and O–H groups in total. The third-order valence-corrected chi connectivity index (χ3v) is 6.40. The molecule has 8 nitrogen and oxygen atoms in total. The van der Waals surface area contributed by atoms with Crippen LogP contribution in [0.3, 0.4) is 0 Å². The molecular weight excluding hydrogens is 418 g/mol. The summed E-state index contributed by atoms with van der Waals surface area (Å²) in [5, 5.41) is 2.82. The van der Waals surface area contributed by atoms with Gasteiger partial charge in [0.2, 0.25) is 15.9 Å². The summed E-state index contributed by atoms with van der Waals surface area (Å²) in [7, 11) is -2.28. The van der Waals surface area contributed by atoms with E-state index < -0.39 is 22.0 Å². The Bertz CT molecular complexity index is 1020. The van der Waals surface area contributed by atoms with Crippen molar-refractivity contribution in [2.45, 2.75) is 19.9 Å². The Morgan fingerprint density at radius 3 is 2.39 bits per heavy atom. The molecule has 1 amide bonds. The molecule has 1 heterocycles. The van der Waals surface area contributed by atoms with Crippen LogP contribution in [0.4, 0.5) is 17.1 Å². The molecule has 1 fully saturated rings. The highest BCUT2D eigenvalue weighted by atomic mass is 32.2. The van der Waals surface area contributed by atoms with Crippen LogP contribution in [0.5, 0.6) is 5.75 Å². The van der Waals surface area contributed by atoms with E-state index in [0.717, 1.165) is 34.9 Å². The number of hydrogen-bond donors (Lipinski definition) is 1. The Labute approximate surface area is 183 Å². The van der Waals surface area contributed by atoms with E-state index in [9.17, 15) is 13.2 Å². The fourth-order valence-corrected chi connectivity index (χ4v) is 4.75. The van der Waals surface area contributed by atoms with Gasteiger partial charge in [-0.3, -0.25) is 9.10 Å². The molecule has 0 spiro atoms. The summed E-state index contributed by atoms with van der Waals surface area (Å²) in [5.41, 5.74) is 2.83. The van der Waals surface area contributed by atoms with Gasteiger partial charge in [0.05, 0.1) is 32.3 Å². The summed E-state index contributed by atoms with van der Waals surface area (Å²) in [6.07, 6.45) is 1.08. The molecule has 2 aromatic carbocycles. The summed E-state index contributed by atoms with van der Waals surface area (Å²) in [6.45, 7) is 6.44. The van der Waals surface area contributed by atoms with Crippen LogP contribution in [0, 0.1) is 6.92 Å². The second-order valence-electron chi connectivity index (χ2n) is 7.55. The molecule has 31 heavy (non-hydrogen) atoms. The first-order chi connectivity index (χ1) is 14.7. The smallest absolute Gasteiger partial charge is 0.247 e. The average molecular weight is 448 g/mol. The van der Waals surface area contributed by atoms with E-state index in [4.69, 9.17) is 9.47 Å². The molecule has 0 unspecified atom stereocenters. The van der Waals surface area contributed by atoms with E-state index >= 15 is 0 Å². The zero-order valence-corrected chi connectivity index (χ0v) is 19.1. The van der Waals surface area contributed by atoms with Crippen molar-refractivity contribution >= 4 is 33.0 Å². The fourth-order valence-electron chi connectivity index (χ4n) is 3.58. The predicted molar refractivity (Wildman–Crippen MR) is 123 cm³/mol. The number of carbonyl (C=O) groups is 1. The van der Waals surface area contributed by atoms with Crippen molar-refractivity contribution in [1.82, 2.24) is 0 Å². The zero-order valence-electron chi connectivity index (χ0n) is 18.3. The van der Waals surface area contributed by atoms with E-state index in [2.05, 4.69) is 10.2 Å². The number of sulfonamides is 1. The van der Waals surface area contributed by atoms with Crippen LogP contribution < -0.4 is 19.3 Å². The maximum atomic E-state index is 13.0. The lowest BCUT2D eigenvalue weighted by atomic mass is 10.2. The minimum atomic E-state index is -3.75. The third kappa shape index (κ3) is 5.48. The Hall–Kier alpha value is -2.78. The standard InChI is InChI=1S/C22H29N3O5S/c1-16-5-10-21(29-3)20(15-16)25(31(4,27)28)17(2)22(26)23-18-6-8-19(9-7-18)24-11-13-30-14-12-24/h5-10,15,17H,11-14H2,1-4H3,(H,23,26)/t17-/m0/s1. The van der Waals surface area contributed by atoms with Crippen molar-refractivity contribution in [3.63, 3.8) is 0 Å². The molecule has 168 valence electrons. The largest absolute Gasteiger partial charge is 0.495 e. The van der Waals surface area contributed by atoms with Crippen LogP contribution in [0.15, 0.2) is 42.5 Å². The van der Waals surface area contributed by atoms with Gasteiger partial charge >= 0.3 is 0 Å². The topological polar surface area (TPSA) is 88.2 Å². The molecular formula is C22H29N3O5S. The number of aryl methyl sites for hydroxylation is 1.